The third-order valence-electron chi connectivity index (χ3n) is 3.37. The molecule has 110 valence electrons. The molecular formula is C16H14N4O2. The lowest BCUT2D eigenvalue weighted by atomic mass is 10.3. The van der Waals surface area contributed by atoms with E-state index in [9.17, 15) is 0 Å². The van der Waals surface area contributed by atoms with E-state index in [0.717, 1.165) is 22.5 Å². The van der Waals surface area contributed by atoms with Crippen LogP contribution in [-0.2, 0) is 4.84 Å². The van der Waals surface area contributed by atoms with Crippen LogP contribution in [0.5, 0.6) is 5.75 Å². The molecule has 22 heavy (non-hydrogen) atoms. The fraction of sp³-hybridized carbons (Fsp3) is 0.0625. The van der Waals surface area contributed by atoms with E-state index >= 15 is 0 Å². The van der Waals surface area contributed by atoms with E-state index in [2.05, 4.69) is 15.6 Å². The summed E-state index contributed by atoms with van der Waals surface area (Å²) in [4.78, 5) is 12.8. The first kappa shape index (κ1) is 12.7. The van der Waals surface area contributed by atoms with Crippen LogP contribution in [0.1, 0.15) is 0 Å². The highest BCUT2D eigenvalue weighted by Crippen LogP contribution is 2.26. The van der Waals surface area contributed by atoms with Crippen LogP contribution in [0, 0.1) is 0 Å². The molecule has 0 unspecified atom stereocenters. The topological polar surface area (TPSA) is 62.4 Å². The van der Waals surface area contributed by atoms with Crippen molar-refractivity contribution in [2.45, 2.75) is 0 Å². The third-order valence-corrected chi connectivity index (χ3v) is 3.37. The Kier molecular flexibility index (Phi) is 3.14. The maximum absolute atomic E-state index is 5.67. The van der Waals surface area contributed by atoms with Crippen LogP contribution < -0.4 is 15.3 Å². The van der Waals surface area contributed by atoms with E-state index in [1.165, 1.54) is 0 Å². The summed E-state index contributed by atoms with van der Waals surface area (Å²) in [5, 5.41) is 2.82. The number of hydrogen-bond acceptors (Lipinski definition) is 5. The van der Waals surface area contributed by atoms with Gasteiger partial charge in [-0.05, 0) is 24.3 Å². The highest BCUT2D eigenvalue weighted by atomic mass is 16.7. The predicted octanol–water partition coefficient (Wildman–Crippen LogP) is 2.74. The lowest BCUT2D eigenvalue weighted by Crippen LogP contribution is -2.27. The molecule has 0 amide bonds. The molecule has 2 N–H and O–H groups in total. The smallest absolute Gasteiger partial charge is 0.181 e. The molecule has 0 aliphatic carbocycles. The lowest BCUT2D eigenvalue weighted by molar-refractivity contribution is 0.107. The highest BCUT2D eigenvalue weighted by molar-refractivity contribution is 5.90. The molecule has 6 heteroatoms. The number of fused-ring (bicyclic) bond motifs is 1. The molecule has 0 atom stereocenters. The van der Waals surface area contributed by atoms with E-state index in [0.29, 0.717) is 12.4 Å². The molecule has 0 spiro atoms. The van der Waals surface area contributed by atoms with Crippen LogP contribution in [0.2, 0.25) is 0 Å². The minimum atomic E-state index is 0.356. The summed E-state index contributed by atoms with van der Waals surface area (Å²) >= 11 is 0. The van der Waals surface area contributed by atoms with Crippen molar-refractivity contribution < 1.29 is 9.57 Å². The van der Waals surface area contributed by atoms with Crippen molar-refractivity contribution in [2.24, 2.45) is 0 Å². The number of nitrogens with zero attached hydrogens (tertiary/aromatic N) is 2. The Morgan fingerprint density at radius 3 is 2.95 bits per heavy atom. The molecule has 2 aromatic heterocycles. The molecule has 4 rings (SSSR count). The normalized spacial score (nSPS) is 14.0. The van der Waals surface area contributed by atoms with E-state index < -0.39 is 0 Å². The first-order chi connectivity index (χ1) is 10.9. The van der Waals surface area contributed by atoms with E-state index in [4.69, 9.17) is 9.57 Å². The number of H-pyrrole nitrogens is 1. The maximum Gasteiger partial charge on any atom is 0.181 e. The van der Waals surface area contributed by atoms with Gasteiger partial charge in [0.1, 0.15) is 18.0 Å². The number of benzene rings is 1. The van der Waals surface area contributed by atoms with Gasteiger partial charge in [-0.2, -0.15) is 0 Å². The van der Waals surface area contributed by atoms with Crippen molar-refractivity contribution in [3.8, 4) is 5.75 Å². The summed E-state index contributed by atoms with van der Waals surface area (Å²) in [6.45, 7) is 0.356. The van der Waals surface area contributed by atoms with Crippen molar-refractivity contribution in [1.82, 2.24) is 15.6 Å². The lowest BCUT2D eigenvalue weighted by Gasteiger charge is -2.14. The molecule has 6 nitrogen and oxygen atoms in total. The number of pyridine rings is 1. The average molecular weight is 294 g/mol. The SMILES string of the molecule is C1=C(COc2ccccc2)ONN1c1ccnc2[nH]ccc12. The summed E-state index contributed by atoms with van der Waals surface area (Å²) < 4.78 is 5.67. The standard InChI is InChI=1S/C16H14N4O2/c1-2-4-12(5-3-1)21-11-13-10-20(19-22-13)15-7-9-18-16-14(15)6-8-17-16/h1-10,19H,11H2,(H,17,18). The molecule has 1 aromatic carbocycles. The second-order valence-electron chi connectivity index (χ2n) is 4.83. The second kappa shape index (κ2) is 5.42. The van der Waals surface area contributed by atoms with Crippen molar-refractivity contribution >= 4 is 16.7 Å². The zero-order valence-electron chi connectivity index (χ0n) is 11.7. The van der Waals surface area contributed by atoms with Crippen LogP contribution >= 0.6 is 0 Å². The summed E-state index contributed by atoms with van der Waals surface area (Å²) in [6.07, 6.45) is 5.48. The van der Waals surface area contributed by atoms with Gasteiger partial charge in [-0.1, -0.05) is 23.8 Å². The van der Waals surface area contributed by atoms with Crippen LogP contribution in [0.25, 0.3) is 11.0 Å². The quantitative estimate of drug-likeness (QED) is 0.774. The van der Waals surface area contributed by atoms with Crippen LogP contribution in [0.4, 0.5) is 5.69 Å². The average Bonchev–Trinajstić information content (AvgIpc) is 3.22. The molecular weight excluding hydrogens is 280 g/mol. The number of hydrazine groups is 1. The second-order valence-corrected chi connectivity index (χ2v) is 4.83. The number of para-hydroxylation sites is 1. The maximum atomic E-state index is 5.67. The monoisotopic (exact) mass is 294 g/mol. The summed E-state index contributed by atoms with van der Waals surface area (Å²) in [7, 11) is 0. The van der Waals surface area contributed by atoms with Crippen molar-refractivity contribution in [3.05, 3.63) is 66.8 Å². The number of aromatic nitrogens is 2. The number of ether oxygens (including phenoxy) is 1. The van der Waals surface area contributed by atoms with Crippen molar-refractivity contribution in [1.29, 1.82) is 0 Å². The van der Waals surface area contributed by atoms with Crippen molar-refractivity contribution in [2.75, 3.05) is 11.6 Å². The molecule has 3 heterocycles. The molecule has 0 fully saturated rings. The highest BCUT2D eigenvalue weighted by Gasteiger charge is 2.18. The first-order valence-corrected chi connectivity index (χ1v) is 6.92. The molecule has 0 bridgehead atoms. The van der Waals surface area contributed by atoms with E-state index in [-0.39, 0.29) is 0 Å². The fourth-order valence-electron chi connectivity index (χ4n) is 2.32. The summed E-state index contributed by atoms with van der Waals surface area (Å²) in [5.41, 5.74) is 4.65. The van der Waals surface area contributed by atoms with E-state index in [1.807, 2.05) is 59.9 Å². The number of anilines is 1. The Morgan fingerprint density at radius 2 is 2.05 bits per heavy atom. The Hall–Kier alpha value is -2.99. The number of hydrogen-bond donors (Lipinski definition) is 2. The fourth-order valence-corrected chi connectivity index (χ4v) is 2.32. The van der Waals surface area contributed by atoms with Crippen LogP contribution in [-0.4, -0.2) is 16.6 Å². The zero-order valence-corrected chi connectivity index (χ0v) is 11.7. The van der Waals surface area contributed by atoms with Gasteiger partial charge in [0, 0.05) is 17.8 Å². The third kappa shape index (κ3) is 2.36. The first-order valence-electron chi connectivity index (χ1n) is 6.92. The molecule has 1 aliphatic heterocycles. The van der Waals surface area contributed by atoms with E-state index in [1.54, 1.807) is 6.20 Å². The van der Waals surface area contributed by atoms with Gasteiger partial charge < -0.3 is 14.6 Å². The largest absolute Gasteiger partial charge is 0.486 e. The van der Waals surface area contributed by atoms with Gasteiger partial charge in [0.25, 0.3) is 0 Å². The minimum Gasteiger partial charge on any atom is -0.486 e. The van der Waals surface area contributed by atoms with Gasteiger partial charge in [-0.15, -0.1) is 0 Å². The van der Waals surface area contributed by atoms with Crippen LogP contribution in [0.15, 0.2) is 66.8 Å². The molecule has 0 saturated heterocycles. The van der Waals surface area contributed by atoms with Gasteiger partial charge in [-0.3, -0.25) is 0 Å². The number of nitrogens with one attached hydrogen (secondary N) is 2. The Labute approximate surface area is 126 Å². The summed E-state index contributed by atoms with van der Waals surface area (Å²) in [6, 6.07) is 13.5. The molecule has 0 radical (unpaired) electrons. The van der Waals surface area contributed by atoms with Crippen molar-refractivity contribution in [3.63, 3.8) is 0 Å². The molecule has 0 saturated carbocycles. The molecule has 1 aliphatic rings. The summed E-state index contributed by atoms with van der Waals surface area (Å²) in [5.74, 6) is 1.51. The van der Waals surface area contributed by atoms with Gasteiger partial charge in [0.2, 0.25) is 0 Å². The van der Waals surface area contributed by atoms with Crippen LogP contribution in [0.3, 0.4) is 0 Å². The van der Waals surface area contributed by atoms with Gasteiger partial charge >= 0.3 is 0 Å². The number of aromatic amines is 1. The Balaban J connectivity index is 1.51. The zero-order chi connectivity index (χ0) is 14.8. The Bertz CT molecular complexity index is 813. The predicted molar refractivity (Wildman–Crippen MR) is 82.8 cm³/mol. The molecule has 3 aromatic rings. The number of rotatable bonds is 4. The van der Waals surface area contributed by atoms with Gasteiger partial charge in [0.15, 0.2) is 5.76 Å². The minimum absolute atomic E-state index is 0.356. The van der Waals surface area contributed by atoms with Gasteiger partial charge in [0.05, 0.1) is 11.9 Å². The van der Waals surface area contributed by atoms with Gasteiger partial charge in [-0.25, -0.2) is 9.99 Å². The Morgan fingerprint density at radius 1 is 1.14 bits per heavy atom.